The minimum atomic E-state index is -0.997. The highest BCUT2D eigenvalue weighted by atomic mass is 19.1. The van der Waals surface area contributed by atoms with Gasteiger partial charge in [-0.05, 0) is 30.0 Å². The molecule has 1 aliphatic rings. The lowest BCUT2D eigenvalue weighted by Gasteiger charge is -2.33. The van der Waals surface area contributed by atoms with E-state index in [1.165, 1.54) is 11.6 Å². The molecule has 3 heteroatoms. The quantitative estimate of drug-likeness (QED) is 0.835. The van der Waals surface area contributed by atoms with Gasteiger partial charge in [-0.1, -0.05) is 24.3 Å². The highest BCUT2D eigenvalue weighted by molar-refractivity contribution is 5.34. The Hall–Kier alpha value is -1.74. The molecule has 0 amide bonds. The van der Waals surface area contributed by atoms with Gasteiger partial charge in [-0.15, -0.1) is 0 Å². The SMILES string of the molecule is OC1(c2cncc(F)c2)CCc2ccccc2C1. The molecular weight excluding hydrogens is 229 g/mol. The van der Waals surface area contributed by atoms with Gasteiger partial charge in [-0.3, -0.25) is 4.98 Å². The molecule has 92 valence electrons. The summed E-state index contributed by atoms with van der Waals surface area (Å²) < 4.78 is 13.2. The molecule has 2 nitrogen and oxygen atoms in total. The van der Waals surface area contributed by atoms with Crippen LogP contribution in [-0.4, -0.2) is 10.1 Å². The van der Waals surface area contributed by atoms with E-state index in [2.05, 4.69) is 11.1 Å². The Balaban J connectivity index is 1.99. The van der Waals surface area contributed by atoms with Crippen LogP contribution in [0.2, 0.25) is 0 Å². The number of aliphatic hydroxyl groups is 1. The lowest BCUT2D eigenvalue weighted by atomic mass is 9.77. The minimum Gasteiger partial charge on any atom is -0.385 e. The third-order valence-corrected chi connectivity index (χ3v) is 3.65. The van der Waals surface area contributed by atoms with Crippen molar-refractivity contribution in [3.05, 3.63) is 65.2 Å². The zero-order valence-corrected chi connectivity index (χ0v) is 9.94. The molecule has 0 radical (unpaired) electrons. The van der Waals surface area contributed by atoms with Crippen LogP contribution in [-0.2, 0) is 18.4 Å². The summed E-state index contributed by atoms with van der Waals surface area (Å²) in [5.41, 5.74) is 1.97. The minimum absolute atomic E-state index is 0.403. The Bertz CT molecular complexity index is 584. The predicted molar refractivity (Wildman–Crippen MR) is 66.6 cm³/mol. The molecule has 3 rings (SSSR count). The summed E-state index contributed by atoms with van der Waals surface area (Å²) in [6, 6.07) is 9.45. The summed E-state index contributed by atoms with van der Waals surface area (Å²) in [4.78, 5) is 3.83. The number of hydrogen-bond acceptors (Lipinski definition) is 2. The summed E-state index contributed by atoms with van der Waals surface area (Å²) in [7, 11) is 0. The largest absolute Gasteiger partial charge is 0.385 e. The summed E-state index contributed by atoms with van der Waals surface area (Å²) in [5, 5.41) is 10.7. The van der Waals surface area contributed by atoms with Crippen molar-refractivity contribution in [2.24, 2.45) is 0 Å². The first-order valence-electron chi connectivity index (χ1n) is 6.08. The Labute approximate surface area is 105 Å². The van der Waals surface area contributed by atoms with Crippen molar-refractivity contribution in [1.29, 1.82) is 0 Å². The first kappa shape index (κ1) is 11.4. The number of hydrogen-bond donors (Lipinski definition) is 1. The molecule has 2 aromatic rings. The fraction of sp³-hybridized carbons (Fsp3) is 0.267. The molecule has 1 aromatic heterocycles. The molecule has 1 atom stereocenters. The zero-order valence-electron chi connectivity index (χ0n) is 9.94. The Morgan fingerprint density at radius 2 is 1.94 bits per heavy atom. The van der Waals surface area contributed by atoms with E-state index in [9.17, 15) is 9.50 Å². The number of benzene rings is 1. The van der Waals surface area contributed by atoms with Gasteiger partial charge in [0.2, 0.25) is 0 Å². The smallest absolute Gasteiger partial charge is 0.141 e. The van der Waals surface area contributed by atoms with Crippen molar-refractivity contribution in [2.75, 3.05) is 0 Å². The fourth-order valence-electron chi connectivity index (χ4n) is 2.63. The van der Waals surface area contributed by atoms with Crippen LogP contribution < -0.4 is 0 Å². The number of fused-ring (bicyclic) bond motifs is 1. The van der Waals surface area contributed by atoms with Gasteiger partial charge < -0.3 is 5.11 Å². The van der Waals surface area contributed by atoms with E-state index in [0.29, 0.717) is 18.4 Å². The summed E-state index contributed by atoms with van der Waals surface area (Å²) in [5.74, 6) is -0.403. The maximum Gasteiger partial charge on any atom is 0.141 e. The van der Waals surface area contributed by atoms with E-state index in [0.717, 1.165) is 18.2 Å². The first-order valence-corrected chi connectivity index (χ1v) is 6.08. The molecule has 1 heterocycles. The van der Waals surface area contributed by atoms with Gasteiger partial charge in [0.25, 0.3) is 0 Å². The maximum atomic E-state index is 13.2. The second kappa shape index (κ2) is 4.18. The second-order valence-corrected chi connectivity index (χ2v) is 4.87. The molecule has 18 heavy (non-hydrogen) atoms. The molecule has 0 aliphatic heterocycles. The second-order valence-electron chi connectivity index (χ2n) is 4.87. The number of aryl methyl sites for hydroxylation is 1. The monoisotopic (exact) mass is 243 g/mol. The van der Waals surface area contributed by atoms with Gasteiger partial charge in [-0.2, -0.15) is 0 Å². The van der Waals surface area contributed by atoms with E-state index >= 15 is 0 Å². The number of pyridine rings is 1. The van der Waals surface area contributed by atoms with Crippen LogP contribution in [0.15, 0.2) is 42.7 Å². The van der Waals surface area contributed by atoms with Gasteiger partial charge in [0, 0.05) is 18.2 Å². The standard InChI is InChI=1S/C15H14FNO/c16-14-7-13(9-17-10-14)15(18)6-5-11-3-1-2-4-12(11)8-15/h1-4,7,9-10,18H,5-6,8H2. The Kier molecular flexibility index (Phi) is 2.63. The van der Waals surface area contributed by atoms with Crippen LogP contribution in [0.4, 0.5) is 4.39 Å². The molecule has 0 saturated heterocycles. The van der Waals surface area contributed by atoms with Crippen LogP contribution in [0.3, 0.4) is 0 Å². The zero-order chi connectivity index (χ0) is 12.6. The molecule has 1 N–H and O–H groups in total. The van der Waals surface area contributed by atoms with Crippen LogP contribution in [0, 0.1) is 5.82 Å². The van der Waals surface area contributed by atoms with Gasteiger partial charge >= 0.3 is 0 Å². The normalized spacial score (nSPS) is 22.6. The highest BCUT2D eigenvalue weighted by Gasteiger charge is 2.34. The number of aromatic nitrogens is 1. The van der Waals surface area contributed by atoms with E-state index in [1.807, 2.05) is 18.2 Å². The molecule has 0 fully saturated rings. The summed E-state index contributed by atoms with van der Waals surface area (Å²) >= 11 is 0. The van der Waals surface area contributed by atoms with Crippen LogP contribution in [0.5, 0.6) is 0 Å². The summed E-state index contributed by atoms with van der Waals surface area (Å²) in [6.07, 6.45) is 4.65. The fourth-order valence-corrected chi connectivity index (χ4v) is 2.63. The number of rotatable bonds is 1. The van der Waals surface area contributed by atoms with Crippen molar-refractivity contribution in [3.8, 4) is 0 Å². The molecule has 1 aliphatic carbocycles. The molecule has 1 unspecified atom stereocenters. The van der Waals surface area contributed by atoms with Crippen LogP contribution in [0.1, 0.15) is 23.1 Å². The average molecular weight is 243 g/mol. The lowest BCUT2D eigenvalue weighted by molar-refractivity contribution is 0.0216. The van der Waals surface area contributed by atoms with E-state index in [-0.39, 0.29) is 0 Å². The first-order chi connectivity index (χ1) is 8.67. The van der Waals surface area contributed by atoms with Crippen LogP contribution in [0.25, 0.3) is 0 Å². The van der Waals surface area contributed by atoms with Crippen molar-refractivity contribution in [1.82, 2.24) is 4.98 Å². The van der Waals surface area contributed by atoms with E-state index in [4.69, 9.17) is 0 Å². The van der Waals surface area contributed by atoms with Gasteiger partial charge in [-0.25, -0.2) is 4.39 Å². The molecular formula is C15H14FNO. The molecule has 1 aromatic carbocycles. The van der Waals surface area contributed by atoms with Crippen molar-refractivity contribution >= 4 is 0 Å². The summed E-state index contributed by atoms with van der Waals surface area (Å²) in [6.45, 7) is 0. The highest BCUT2D eigenvalue weighted by Crippen LogP contribution is 2.36. The molecule has 0 saturated carbocycles. The topological polar surface area (TPSA) is 33.1 Å². The number of nitrogens with zero attached hydrogens (tertiary/aromatic N) is 1. The molecule has 0 bridgehead atoms. The Morgan fingerprint density at radius 1 is 1.17 bits per heavy atom. The van der Waals surface area contributed by atoms with Crippen LogP contribution >= 0.6 is 0 Å². The number of halogens is 1. The predicted octanol–water partition coefficient (Wildman–Crippen LogP) is 2.60. The lowest BCUT2D eigenvalue weighted by Crippen LogP contribution is -2.33. The van der Waals surface area contributed by atoms with Gasteiger partial charge in [0.15, 0.2) is 0 Å². The van der Waals surface area contributed by atoms with Gasteiger partial charge in [0.1, 0.15) is 5.82 Å². The Morgan fingerprint density at radius 3 is 2.72 bits per heavy atom. The van der Waals surface area contributed by atoms with Crippen molar-refractivity contribution in [2.45, 2.75) is 24.9 Å². The van der Waals surface area contributed by atoms with Crippen molar-refractivity contribution in [3.63, 3.8) is 0 Å². The average Bonchev–Trinajstić information content (AvgIpc) is 2.38. The third-order valence-electron chi connectivity index (χ3n) is 3.65. The van der Waals surface area contributed by atoms with Gasteiger partial charge in [0.05, 0.1) is 11.8 Å². The van der Waals surface area contributed by atoms with E-state index in [1.54, 1.807) is 6.20 Å². The van der Waals surface area contributed by atoms with Crippen molar-refractivity contribution < 1.29 is 9.50 Å². The maximum absolute atomic E-state index is 13.2. The third kappa shape index (κ3) is 1.91. The molecule has 0 spiro atoms. The van der Waals surface area contributed by atoms with E-state index < -0.39 is 11.4 Å².